The van der Waals surface area contributed by atoms with Crippen LogP contribution in [0.2, 0.25) is 0 Å². The number of aromatic amines is 1. The molecule has 12 nitrogen and oxygen atoms in total. The fourth-order valence-corrected chi connectivity index (χ4v) is 2.87. The van der Waals surface area contributed by atoms with E-state index in [1.54, 1.807) is 37.3 Å². The van der Waals surface area contributed by atoms with Crippen LogP contribution < -0.4 is 5.56 Å². The van der Waals surface area contributed by atoms with E-state index in [0.29, 0.717) is 23.5 Å². The smallest absolute Gasteiger partial charge is 0.290 e. The molecule has 0 unspecified atom stereocenters. The molecule has 152 valence electrons. The third-order valence-electron chi connectivity index (χ3n) is 4.27. The predicted octanol–water partition coefficient (Wildman–Crippen LogP) is 3.37. The van der Waals surface area contributed by atoms with E-state index in [1.165, 1.54) is 10.8 Å². The second-order valence-electron chi connectivity index (χ2n) is 6.13. The molecule has 2 aromatic carbocycles. The average Bonchev–Trinajstić information content (AvgIpc) is 2.99. The molecule has 1 N–H and O–H groups in total. The van der Waals surface area contributed by atoms with Crippen LogP contribution in [0.5, 0.6) is 0 Å². The molecule has 1 aromatic heterocycles. The Morgan fingerprint density at radius 3 is 1.90 bits per heavy atom. The Kier molecular flexibility index (Phi) is 5.23. The van der Waals surface area contributed by atoms with Crippen LogP contribution in [-0.2, 0) is 0 Å². The quantitative estimate of drug-likeness (QED) is 0.479. The Bertz CT molecular complexity index is 1220. The molecular formula is C18H13N5O7. The molecule has 0 amide bonds. The number of nitro benzene ring substituents is 3. The second-order valence-corrected chi connectivity index (χ2v) is 6.13. The highest BCUT2D eigenvalue weighted by atomic mass is 16.6. The number of non-ortho nitro benzene ring substituents is 1. The van der Waals surface area contributed by atoms with E-state index >= 15 is 0 Å². The van der Waals surface area contributed by atoms with Gasteiger partial charge in [-0.05, 0) is 31.2 Å². The van der Waals surface area contributed by atoms with Crippen LogP contribution >= 0.6 is 0 Å². The second kappa shape index (κ2) is 7.79. The van der Waals surface area contributed by atoms with Crippen molar-refractivity contribution < 1.29 is 14.8 Å². The molecule has 1 heterocycles. The van der Waals surface area contributed by atoms with Gasteiger partial charge in [0.25, 0.3) is 22.6 Å². The molecule has 30 heavy (non-hydrogen) atoms. The molecule has 0 aliphatic carbocycles. The van der Waals surface area contributed by atoms with Gasteiger partial charge in [0.2, 0.25) is 0 Å². The number of rotatable bonds is 6. The highest BCUT2D eigenvalue weighted by Gasteiger charge is 2.29. The monoisotopic (exact) mass is 411 g/mol. The van der Waals surface area contributed by atoms with E-state index in [0.717, 1.165) is 6.08 Å². The maximum atomic E-state index is 12.7. The van der Waals surface area contributed by atoms with Gasteiger partial charge in [0.05, 0.1) is 38.2 Å². The van der Waals surface area contributed by atoms with Gasteiger partial charge in [-0.15, -0.1) is 0 Å². The first kappa shape index (κ1) is 20.1. The summed E-state index contributed by atoms with van der Waals surface area (Å²) < 4.78 is 1.26. The summed E-state index contributed by atoms with van der Waals surface area (Å²) in [6.07, 6.45) is 2.24. The SMILES string of the molecule is Cc1[nH]n(-c2ccccc2)c(=O)c1/C=C/c1c([N+](=O)[O-])cc([N+](=O)[O-])cc1[N+](=O)[O-]. The van der Waals surface area contributed by atoms with Gasteiger partial charge in [-0.25, -0.2) is 4.68 Å². The fourth-order valence-electron chi connectivity index (χ4n) is 2.87. The first-order chi connectivity index (χ1) is 14.2. The lowest BCUT2D eigenvalue weighted by atomic mass is 10.1. The molecule has 0 bridgehead atoms. The summed E-state index contributed by atoms with van der Waals surface area (Å²) in [5.74, 6) is 0. The molecular weight excluding hydrogens is 398 g/mol. The Morgan fingerprint density at radius 2 is 1.40 bits per heavy atom. The zero-order valence-corrected chi connectivity index (χ0v) is 15.3. The van der Waals surface area contributed by atoms with Crippen molar-refractivity contribution in [3.63, 3.8) is 0 Å². The first-order valence-electron chi connectivity index (χ1n) is 8.37. The lowest BCUT2D eigenvalue weighted by molar-refractivity contribution is -0.403. The molecule has 3 aromatic rings. The van der Waals surface area contributed by atoms with E-state index in [-0.39, 0.29) is 5.56 Å². The van der Waals surface area contributed by atoms with Gasteiger partial charge in [-0.3, -0.25) is 40.2 Å². The molecule has 12 heteroatoms. The zero-order valence-electron chi connectivity index (χ0n) is 15.3. The molecule has 0 radical (unpaired) electrons. The third-order valence-corrected chi connectivity index (χ3v) is 4.27. The van der Waals surface area contributed by atoms with E-state index in [9.17, 15) is 35.1 Å². The Labute approximate surface area is 167 Å². The largest absolute Gasteiger partial charge is 0.295 e. The van der Waals surface area contributed by atoms with Crippen LogP contribution in [0.3, 0.4) is 0 Å². The number of nitrogens with zero attached hydrogens (tertiary/aromatic N) is 4. The molecule has 0 aliphatic heterocycles. The molecule has 0 aliphatic rings. The van der Waals surface area contributed by atoms with E-state index in [2.05, 4.69) is 5.10 Å². The van der Waals surface area contributed by atoms with Gasteiger partial charge < -0.3 is 0 Å². The minimum Gasteiger partial charge on any atom is -0.295 e. The lowest BCUT2D eigenvalue weighted by Gasteiger charge is -2.00. The Hall–Kier alpha value is -4.61. The standard InChI is InChI=1S/C18H13N5O7/c1-11-14(18(24)20(19-11)12-5-3-2-4-6-12)7-8-15-16(22(27)28)9-13(21(25)26)10-17(15)23(29)30/h2-10,19H,1H3/b8-7+. The normalized spacial score (nSPS) is 11.0. The van der Waals surface area contributed by atoms with Gasteiger partial charge in [0.15, 0.2) is 0 Å². The van der Waals surface area contributed by atoms with Crippen molar-refractivity contribution in [3.8, 4) is 5.69 Å². The fraction of sp³-hybridized carbons (Fsp3) is 0.0556. The highest BCUT2D eigenvalue weighted by Crippen LogP contribution is 2.35. The topological polar surface area (TPSA) is 167 Å². The van der Waals surface area contributed by atoms with Gasteiger partial charge in [0, 0.05) is 5.69 Å². The molecule has 0 saturated carbocycles. The molecule has 0 atom stereocenters. The molecule has 0 spiro atoms. The number of aryl methyl sites for hydroxylation is 1. The Balaban J connectivity index is 2.16. The van der Waals surface area contributed by atoms with Crippen LogP contribution in [0.4, 0.5) is 17.1 Å². The molecule has 0 fully saturated rings. The maximum absolute atomic E-state index is 12.7. The lowest BCUT2D eigenvalue weighted by Crippen LogP contribution is -2.15. The van der Waals surface area contributed by atoms with Crippen molar-refractivity contribution in [1.29, 1.82) is 0 Å². The third kappa shape index (κ3) is 3.69. The minimum absolute atomic E-state index is 0.126. The minimum atomic E-state index is -0.956. The summed E-state index contributed by atoms with van der Waals surface area (Å²) >= 11 is 0. The van der Waals surface area contributed by atoms with Gasteiger partial charge in [0.1, 0.15) is 5.56 Å². The number of hydrogen-bond donors (Lipinski definition) is 1. The van der Waals surface area contributed by atoms with Crippen molar-refractivity contribution in [2.24, 2.45) is 0 Å². The summed E-state index contributed by atoms with van der Waals surface area (Å²) in [5.41, 5.74) is -2.24. The summed E-state index contributed by atoms with van der Waals surface area (Å²) in [7, 11) is 0. The number of aromatic nitrogens is 2. The van der Waals surface area contributed by atoms with Gasteiger partial charge in [-0.1, -0.05) is 18.2 Å². The highest BCUT2D eigenvalue weighted by molar-refractivity contribution is 5.81. The van der Waals surface area contributed by atoms with Crippen LogP contribution in [0.15, 0.2) is 47.3 Å². The molecule has 3 rings (SSSR count). The van der Waals surface area contributed by atoms with E-state index in [1.807, 2.05) is 0 Å². The summed E-state index contributed by atoms with van der Waals surface area (Å²) in [4.78, 5) is 43.5. The number of para-hydroxylation sites is 1. The number of H-pyrrole nitrogens is 1. The van der Waals surface area contributed by atoms with Crippen LogP contribution in [0, 0.1) is 37.3 Å². The van der Waals surface area contributed by atoms with E-state index < -0.39 is 43.0 Å². The van der Waals surface area contributed by atoms with Crippen molar-refractivity contribution in [1.82, 2.24) is 9.78 Å². The summed E-state index contributed by atoms with van der Waals surface area (Å²) in [5, 5.41) is 36.5. The van der Waals surface area contributed by atoms with Crippen LogP contribution in [0.1, 0.15) is 16.8 Å². The Morgan fingerprint density at radius 1 is 0.867 bits per heavy atom. The number of nitro groups is 3. The maximum Gasteiger partial charge on any atom is 0.290 e. The van der Waals surface area contributed by atoms with Crippen molar-refractivity contribution in [3.05, 3.63) is 100.0 Å². The number of benzene rings is 2. The van der Waals surface area contributed by atoms with E-state index in [4.69, 9.17) is 0 Å². The number of nitrogens with one attached hydrogen (secondary N) is 1. The van der Waals surface area contributed by atoms with Crippen molar-refractivity contribution >= 4 is 29.2 Å². The van der Waals surface area contributed by atoms with Crippen molar-refractivity contribution in [2.75, 3.05) is 0 Å². The van der Waals surface area contributed by atoms with Crippen molar-refractivity contribution in [2.45, 2.75) is 6.92 Å². The first-order valence-corrected chi connectivity index (χ1v) is 8.37. The van der Waals surface area contributed by atoms with Crippen LogP contribution in [-0.4, -0.2) is 24.6 Å². The number of hydrogen-bond acceptors (Lipinski definition) is 7. The summed E-state index contributed by atoms with van der Waals surface area (Å²) in [6.45, 7) is 1.60. The van der Waals surface area contributed by atoms with Gasteiger partial charge >= 0.3 is 0 Å². The molecule has 0 saturated heterocycles. The average molecular weight is 411 g/mol. The van der Waals surface area contributed by atoms with Crippen LogP contribution in [0.25, 0.3) is 17.8 Å². The zero-order chi connectivity index (χ0) is 22.0. The predicted molar refractivity (Wildman–Crippen MR) is 106 cm³/mol. The summed E-state index contributed by atoms with van der Waals surface area (Å²) in [6, 6.07) is 9.90. The van der Waals surface area contributed by atoms with Gasteiger partial charge in [-0.2, -0.15) is 0 Å².